The molecule has 2 rings (SSSR count). The second-order valence-electron chi connectivity index (χ2n) is 4.57. The third-order valence-corrected chi connectivity index (χ3v) is 3.40. The predicted octanol–water partition coefficient (Wildman–Crippen LogP) is 3.31. The Morgan fingerprint density at radius 3 is 2.88 bits per heavy atom. The maximum Gasteiger partial charge on any atom is 0.123 e. The average molecular weight is 284 g/mol. The first-order chi connectivity index (χ1) is 7.66. The molecular formula is C13H18BrNO. The number of benzene rings is 1. The lowest BCUT2D eigenvalue weighted by molar-refractivity contribution is 0.220. The minimum Gasteiger partial charge on any atom is -0.489 e. The average Bonchev–Trinajstić information content (AvgIpc) is 2.73. The van der Waals surface area contributed by atoms with Crippen molar-refractivity contribution in [2.45, 2.75) is 32.3 Å². The lowest BCUT2D eigenvalue weighted by Crippen LogP contribution is -2.20. The Balaban J connectivity index is 2.18. The van der Waals surface area contributed by atoms with Crippen molar-refractivity contribution >= 4 is 15.9 Å². The van der Waals surface area contributed by atoms with Crippen LogP contribution in [0.2, 0.25) is 0 Å². The zero-order valence-corrected chi connectivity index (χ0v) is 11.4. The van der Waals surface area contributed by atoms with Gasteiger partial charge in [-0.15, -0.1) is 0 Å². The summed E-state index contributed by atoms with van der Waals surface area (Å²) in [6.07, 6.45) is 1.44. The summed E-state index contributed by atoms with van der Waals surface area (Å²) in [5.41, 5.74) is 1.28. The molecule has 3 heteroatoms. The fourth-order valence-corrected chi connectivity index (χ4v) is 2.36. The van der Waals surface area contributed by atoms with Crippen molar-refractivity contribution in [2.24, 2.45) is 0 Å². The second-order valence-corrected chi connectivity index (χ2v) is 5.49. The largest absolute Gasteiger partial charge is 0.489 e. The van der Waals surface area contributed by atoms with Crippen LogP contribution in [0.5, 0.6) is 5.75 Å². The van der Waals surface area contributed by atoms with Gasteiger partial charge in [0, 0.05) is 11.0 Å². The number of ether oxygens (including phenoxy) is 1. The van der Waals surface area contributed by atoms with Gasteiger partial charge in [-0.2, -0.15) is 0 Å². The highest BCUT2D eigenvalue weighted by atomic mass is 79.9. The second kappa shape index (κ2) is 5.19. The van der Waals surface area contributed by atoms with Gasteiger partial charge in [0.25, 0.3) is 0 Å². The third-order valence-electron chi connectivity index (χ3n) is 2.90. The van der Waals surface area contributed by atoms with E-state index < -0.39 is 0 Å². The molecule has 1 aromatic carbocycles. The quantitative estimate of drug-likeness (QED) is 0.919. The maximum absolute atomic E-state index is 6.04. The van der Waals surface area contributed by atoms with E-state index in [1.54, 1.807) is 0 Å². The summed E-state index contributed by atoms with van der Waals surface area (Å²) in [5.74, 6) is 1.52. The molecule has 1 saturated heterocycles. The standard InChI is InChI=1S/C13H18BrNO/c1-9(2)12-7-10(14)3-4-13(12)16-11-5-6-15-8-11/h3-4,7,9,11,15H,5-6,8H2,1-2H3. The highest BCUT2D eigenvalue weighted by molar-refractivity contribution is 9.10. The number of rotatable bonds is 3. The molecule has 16 heavy (non-hydrogen) atoms. The van der Waals surface area contributed by atoms with Gasteiger partial charge in [-0.25, -0.2) is 0 Å². The van der Waals surface area contributed by atoms with Gasteiger partial charge in [-0.05, 0) is 42.6 Å². The molecule has 1 N–H and O–H groups in total. The minimum atomic E-state index is 0.332. The van der Waals surface area contributed by atoms with Crippen molar-refractivity contribution in [1.82, 2.24) is 5.32 Å². The molecule has 0 spiro atoms. The van der Waals surface area contributed by atoms with Crippen LogP contribution in [0.4, 0.5) is 0 Å². The number of hydrogen-bond donors (Lipinski definition) is 1. The van der Waals surface area contributed by atoms with Crippen LogP contribution in [0.1, 0.15) is 31.7 Å². The van der Waals surface area contributed by atoms with Gasteiger partial charge in [-0.1, -0.05) is 29.8 Å². The van der Waals surface area contributed by atoms with Crippen LogP contribution in [-0.2, 0) is 0 Å². The van der Waals surface area contributed by atoms with Crippen molar-refractivity contribution < 1.29 is 4.74 Å². The van der Waals surface area contributed by atoms with Crippen LogP contribution >= 0.6 is 15.9 Å². The van der Waals surface area contributed by atoms with Crippen LogP contribution in [-0.4, -0.2) is 19.2 Å². The Morgan fingerprint density at radius 1 is 1.44 bits per heavy atom. The molecule has 0 aliphatic carbocycles. The summed E-state index contributed by atoms with van der Waals surface area (Å²) >= 11 is 3.51. The summed E-state index contributed by atoms with van der Waals surface area (Å²) in [7, 11) is 0. The van der Waals surface area contributed by atoms with Crippen molar-refractivity contribution in [3.05, 3.63) is 28.2 Å². The molecule has 88 valence electrons. The van der Waals surface area contributed by atoms with Crippen LogP contribution in [0.25, 0.3) is 0 Å². The van der Waals surface area contributed by atoms with Crippen LogP contribution < -0.4 is 10.1 Å². The zero-order chi connectivity index (χ0) is 11.5. The van der Waals surface area contributed by atoms with Crippen molar-refractivity contribution in [3.8, 4) is 5.75 Å². The van der Waals surface area contributed by atoms with Crippen LogP contribution in [0, 0.1) is 0 Å². The summed E-state index contributed by atoms with van der Waals surface area (Å²) in [5, 5.41) is 3.32. The van der Waals surface area contributed by atoms with E-state index in [1.807, 2.05) is 6.07 Å². The fourth-order valence-electron chi connectivity index (χ4n) is 1.99. The van der Waals surface area contributed by atoms with Gasteiger partial charge in [0.1, 0.15) is 11.9 Å². The van der Waals surface area contributed by atoms with Crippen molar-refractivity contribution in [1.29, 1.82) is 0 Å². The van der Waals surface area contributed by atoms with Gasteiger partial charge < -0.3 is 10.1 Å². The van der Waals surface area contributed by atoms with Gasteiger partial charge in [0.15, 0.2) is 0 Å². The van der Waals surface area contributed by atoms with E-state index in [4.69, 9.17) is 4.74 Å². The third kappa shape index (κ3) is 2.77. The summed E-state index contributed by atoms with van der Waals surface area (Å²) in [6, 6.07) is 6.27. The minimum absolute atomic E-state index is 0.332. The summed E-state index contributed by atoms with van der Waals surface area (Å²) in [4.78, 5) is 0. The Morgan fingerprint density at radius 2 is 2.25 bits per heavy atom. The van der Waals surface area contributed by atoms with E-state index in [1.165, 1.54) is 5.56 Å². The molecule has 0 bridgehead atoms. The Labute approximate surface area is 106 Å². The van der Waals surface area contributed by atoms with Gasteiger partial charge >= 0.3 is 0 Å². The van der Waals surface area contributed by atoms with E-state index in [2.05, 4.69) is 47.2 Å². The summed E-state index contributed by atoms with van der Waals surface area (Å²) in [6.45, 7) is 6.43. The van der Waals surface area contributed by atoms with Crippen molar-refractivity contribution in [3.63, 3.8) is 0 Å². The van der Waals surface area contributed by atoms with Gasteiger partial charge in [0.2, 0.25) is 0 Å². The van der Waals surface area contributed by atoms with E-state index in [-0.39, 0.29) is 0 Å². The smallest absolute Gasteiger partial charge is 0.123 e. The molecule has 0 amide bonds. The lowest BCUT2D eigenvalue weighted by Gasteiger charge is -2.18. The van der Waals surface area contributed by atoms with E-state index in [9.17, 15) is 0 Å². The first kappa shape index (κ1) is 11.9. The highest BCUT2D eigenvalue weighted by Crippen LogP contribution is 2.30. The number of hydrogen-bond acceptors (Lipinski definition) is 2. The first-order valence-electron chi connectivity index (χ1n) is 5.83. The molecule has 1 atom stereocenters. The first-order valence-corrected chi connectivity index (χ1v) is 6.63. The van der Waals surface area contributed by atoms with Crippen molar-refractivity contribution in [2.75, 3.05) is 13.1 Å². The Bertz CT molecular complexity index is 359. The Kier molecular flexibility index (Phi) is 3.87. The normalized spacial score (nSPS) is 20.4. The van der Waals surface area contributed by atoms with Crippen LogP contribution in [0.15, 0.2) is 22.7 Å². The molecular weight excluding hydrogens is 266 g/mol. The monoisotopic (exact) mass is 283 g/mol. The molecule has 2 nitrogen and oxygen atoms in total. The summed E-state index contributed by atoms with van der Waals surface area (Å²) < 4.78 is 7.16. The lowest BCUT2D eigenvalue weighted by atomic mass is 10.0. The number of nitrogens with one attached hydrogen (secondary N) is 1. The molecule has 1 aromatic rings. The topological polar surface area (TPSA) is 21.3 Å². The Hall–Kier alpha value is -0.540. The van der Waals surface area contributed by atoms with Gasteiger partial charge in [0.05, 0.1) is 0 Å². The molecule has 1 aliphatic rings. The van der Waals surface area contributed by atoms with E-state index in [0.29, 0.717) is 12.0 Å². The molecule has 0 aromatic heterocycles. The number of halogens is 1. The van der Waals surface area contributed by atoms with Gasteiger partial charge in [-0.3, -0.25) is 0 Å². The molecule has 1 unspecified atom stereocenters. The van der Waals surface area contributed by atoms with Crippen LogP contribution in [0.3, 0.4) is 0 Å². The molecule has 1 fully saturated rings. The highest BCUT2D eigenvalue weighted by Gasteiger charge is 2.18. The molecule has 0 saturated carbocycles. The fraction of sp³-hybridized carbons (Fsp3) is 0.538. The zero-order valence-electron chi connectivity index (χ0n) is 9.79. The van der Waals surface area contributed by atoms with E-state index in [0.717, 1.165) is 29.7 Å². The predicted molar refractivity (Wildman–Crippen MR) is 70.1 cm³/mol. The molecule has 1 heterocycles. The molecule has 0 radical (unpaired) electrons. The maximum atomic E-state index is 6.04. The molecule has 1 aliphatic heterocycles. The van der Waals surface area contributed by atoms with E-state index >= 15 is 0 Å². The SMILES string of the molecule is CC(C)c1cc(Br)ccc1OC1CCNC1.